The zero-order valence-electron chi connectivity index (χ0n) is 10.8. The van der Waals surface area contributed by atoms with E-state index in [1.165, 1.54) is 13.0 Å². The zero-order valence-corrected chi connectivity index (χ0v) is 10.8. The van der Waals surface area contributed by atoms with Gasteiger partial charge in [-0.15, -0.1) is 0 Å². The molecule has 0 aromatic heterocycles. The van der Waals surface area contributed by atoms with E-state index in [0.29, 0.717) is 0 Å². The fourth-order valence-electron chi connectivity index (χ4n) is 1.72. The van der Waals surface area contributed by atoms with Crippen molar-refractivity contribution in [2.75, 3.05) is 18.0 Å². The Bertz CT molecular complexity index is 487. The molecule has 1 rings (SSSR count). The van der Waals surface area contributed by atoms with Crippen molar-refractivity contribution >= 4 is 17.6 Å². The van der Waals surface area contributed by atoms with Crippen LogP contribution in [0.3, 0.4) is 0 Å². The average molecular weight is 287 g/mol. The summed E-state index contributed by atoms with van der Waals surface area (Å²) in [4.78, 5) is 22.5. The molecule has 110 valence electrons. The summed E-state index contributed by atoms with van der Waals surface area (Å²) in [6, 6.07) is 3.26. The fourth-order valence-corrected chi connectivity index (χ4v) is 1.72. The molecule has 0 saturated heterocycles. The smallest absolute Gasteiger partial charge is 0.308 e. The molecule has 0 saturated carbocycles. The standard InChI is InChI=1S/C13H15F2NO4/c1-8(13(19)20)7-16(6-5-11(17)18)12-9(14)3-2-4-10(12)15/h2-4,8H,5-7H2,1H3,(H,17,18)(H,19,20). The highest BCUT2D eigenvalue weighted by atomic mass is 19.1. The Morgan fingerprint density at radius 3 is 2.25 bits per heavy atom. The molecule has 0 amide bonds. The second-order valence-electron chi connectivity index (χ2n) is 4.40. The minimum atomic E-state index is -1.13. The van der Waals surface area contributed by atoms with Gasteiger partial charge in [-0.2, -0.15) is 0 Å². The van der Waals surface area contributed by atoms with Crippen LogP contribution in [0, 0.1) is 17.6 Å². The average Bonchev–Trinajstić information content (AvgIpc) is 2.34. The molecular weight excluding hydrogens is 272 g/mol. The van der Waals surface area contributed by atoms with Crippen LogP contribution in [0.15, 0.2) is 18.2 Å². The van der Waals surface area contributed by atoms with Gasteiger partial charge in [-0.25, -0.2) is 8.78 Å². The number of hydrogen-bond donors (Lipinski definition) is 2. The number of carbonyl (C=O) groups is 2. The van der Waals surface area contributed by atoms with Gasteiger partial charge in [-0.1, -0.05) is 13.0 Å². The maximum atomic E-state index is 13.7. The molecule has 0 radical (unpaired) electrons. The molecule has 20 heavy (non-hydrogen) atoms. The van der Waals surface area contributed by atoms with Gasteiger partial charge in [0, 0.05) is 13.1 Å². The van der Waals surface area contributed by atoms with Gasteiger partial charge >= 0.3 is 11.9 Å². The molecular formula is C13H15F2NO4. The Morgan fingerprint density at radius 2 is 1.80 bits per heavy atom. The van der Waals surface area contributed by atoms with Gasteiger partial charge < -0.3 is 15.1 Å². The summed E-state index contributed by atoms with van der Waals surface area (Å²) in [6.45, 7) is 1.03. The van der Waals surface area contributed by atoms with Gasteiger partial charge in [0.2, 0.25) is 0 Å². The molecule has 0 heterocycles. The van der Waals surface area contributed by atoms with Crippen LogP contribution in [0.4, 0.5) is 14.5 Å². The number of halogens is 2. The van der Waals surface area contributed by atoms with Crippen molar-refractivity contribution in [1.29, 1.82) is 0 Å². The van der Waals surface area contributed by atoms with Gasteiger partial charge in [0.05, 0.1) is 12.3 Å². The Balaban J connectivity index is 3.02. The van der Waals surface area contributed by atoms with E-state index in [1.807, 2.05) is 0 Å². The second-order valence-corrected chi connectivity index (χ2v) is 4.40. The van der Waals surface area contributed by atoms with Gasteiger partial charge in [-0.05, 0) is 12.1 Å². The predicted molar refractivity (Wildman–Crippen MR) is 67.6 cm³/mol. The van der Waals surface area contributed by atoms with Crippen LogP contribution in [0.25, 0.3) is 0 Å². The fraction of sp³-hybridized carbons (Fsp3) is 0.385. The van der Waals surface area contributed by atoms with Crippen molar-refractivity contribution < 1.29 is 28.6 Å². The molecule has 0 bridgehead atoms. The maximum absolute atomic E-state index is 13.7. The van der Waals surface area contributed by atoms with Crippen LogP contribution >= 0.6 is 0 Å². The number of carboxylic acid groups (broad SMARTS) is 2. The SMILES string of the molecule is CC(CN(CCC(=O)O)c1c(F)cccc1F)C(=O)O. The van der Waals surface area contributed by atoms with Gasteiger partial charge in [0.15, 0.2) is 0 Å². The largest absolute Gasteiger partial charge is 0.481 e. The number of nitrogens with zero attached hydrogens (tertiary/aromatic N) is 1. The summed E-state index contributed by atoms with van der Waals surface area (Å²) in [5.41, 5.74) is -0.401. The number of aliphatic carboxylic acids is 2. The lowest BCUT2D eigenvalue weighted by Crippen LogP contribution is -2.34. The van der Waals surface area contributed by atoms with Gasteiger partial charge in [0.1, 0.15) is 17.3 Å². The highest BCUT2D eigenvalue weighted by Gasteiger charge is 2.22. The Morgan fingerprint density at radius 1 is 1.25 bits per heavy atom. The van der Waals surface area contributed by atoms with Crippen LogP contribution in [0.1, 0.15) is 13.3 Å². The van der Waals surface area contributed by atoms with E-state index >= 15 is 0 Å². The summed E-state index contributed by atoms with van der Waals surface area (Å²) >= 11 is 0. The number of benzene rings is 1. The van der Waals surface area contributed by atoms with E-state index in [4.69, 9.17) is 10.2 Å². The van der Waals surface area contributed by atoms with E-state index in [0.717, 1.165) is 17.0 Å². The molecule has 0 spiro atoms. The Kier molecular flexibility index (Phi) is 5.42. The topological polar surface area (TPSA) is 77.8 Å². The van der Waals surface area contributed by atoms with Crippen LogP contribution in [-0.4, -0.2) is 35.2 Å². The summed E-state index contributed by atoms with van der Waals surface area (Å²) in [6.07, 6.45) is -0.347. The highest BCUT2D eigenvalue weighted by Crippen LogP contribution is 2.24. The number of hydrogen-bond acceptors (Lipinski definition) is 3. The molecule has 0 aliphatic heterocycles. The molecule has 1 unspecified atom stereocenters. The Hall–Kier alpha value is -2.18. The third kappa shape index (κ3) is 4.18. The minimum Gasteiger partial charge on any atom is -0.481 e. The molecule has 0 aliphatic carbocycles. The minimum absolute atomic E-state index is 0.176. The molecule has 0 aliphatic rings. The summed E-state index contributed by atoms with van der Waals surface area (Å²) in [7, 11) is 0. The molecule has 1 aromatic carbocycles. The molecule has 7 heteroatoms. The lowest BCUT2D eigenvalue weighted by molar-refractivity contribution is -0.140. The van der Waals surface area contributed by atoms with Crippen molar-refractivity contribution in [3.05, 3.63) is 29.8 Å². The van der Waals surface area contributed by atoms with Crippen molar-refractivity contribution in [3.63, 3.8) is 0 Å². The summed E-state index contributed by atoms with van der Waals surface area (Å²) in [5, 5.41) is 17.5. The first-order valence-corrected chi connectivity index (χ1v) is 5.96. The summed E-state index contributed by atoms with van der Waals surface area (Å²) in [5.74, 6) is -4.85. The van der Waals surface area contributed by atoms with E-state index in [2.05, 4.69) is 0 Å². The van der Waals surface area contributed by atoms with Gasteiger partial charge in [-0.3, -0.25) is 9.59 Å². The van der Waals surface area contributed by atoms with E-state index < -0.39 is 35.2 Å². The van der Waals surface area contributed by atoms with Crippen molar-refractivity contribution in [1.82, 2.24) is 0 Å². The van der Waals surface area contributed by atoms with Gasteiger partial charge in [0.25, 0.3) is 0 Å². The molecule has 1 atom stereocenters. The lowest BCUT2D eigenvalue weighted by atomic mass is 10.1. The third-order valence-corrected chi connectivity index (χ3v) is 2.77. The Labute approximate surface area is 114 Å². The van der Waals surface area contributed by atoms with Crippen LogP contribution < -0.4 is 4.90 Å². The van der Waals surface area contributed by atoms with E-state index in [1.54, 1.807) is 0 Å². The molecule has 2 N–H and O–H groups in total. The molecule has 0 fully saturated rings. The first-order chi connectivity index (χ1) is 9.32. The van der Waals surface area contributed by atoms with Crippen LogP contribution in [-0.2, 0) is 9.59 Å². The number of rotatable bonds is 7. The van der Waals surface area contributed by atoms with E-state index in [9.17, 15) is 18.4 Å². The van der Waals surface area contributed by atoms with Crippen molar-refractivity contribution in [3.8, 4) is 0 Å². The maximum Gasteiger partial charge on any atom is 0.308 e. The first kappa shape index (κ1) is 15.9. The van der Waals surface area contributed by atoms with Crippen LogP contribution in [0.5, 0.6) is 0 Å². The molecule has 1 aromatic rings. The first-order valence-electron chi connectivity index (χ1n) is 5.96. The highest BCUT2D eigenvalue weighted by molar-refractivity contribution is 5.71. The second kappa shape index (κ2) is 6.83. The lowest BCUT2D eigenvalue weighted by Gasteiger charge is -2.26. The van der Waals surface area contributed by atoms with Crippen LogP contribution in [0.2, 0.25) is 0 Å². The summed E-state index contributed by atoms with van der Waals surface area (Å²) < 4.78 is 27.4. The third-order valence-electron chi connectivity index (χ3n) is 2.77. The van der Waals surface area contributed by atoms with Crippen molar-refractivity contribution in [2.45, 2.75) is 13.3 Å². The number of anilines is 1. The normalized spacial score (nSPS) is 11.9. The molecule has 5 nitrogen and oxygen atoms in total. The number of para-hydroxylation sites is 1. The van der Waals surface area contributed by atoms with E-state index in [-0.39, 0.29) is 19.5 Å². The van der Waals surface area contributed by atoms with Crippen molar-refractivity contribution in [2.24, 2.45) is 5.92 Å². The monoisotopic (exact) mass is 287 g/mol. The quantitative estimate of drug-likeness (QED) is 0.801. The zero-order chi connectivity index (χ0) is 15.3. The predicted octanol–water partition coefficient (Wildman–Crippen LogP) is 1.97. The number of carboxylic acids is 2.